The Labute approximate surface area is 86.1 Å². The molecule has 0 heterocycles. The number of methoxy groups -OCH3 is 1. The minimum atomic E-state index is -0.189. The van der Waals surface area contributed by atoms with Crippen LogP contribution in [0.3, 0.4) is 0 Å². The van der Waals surface area contributed by atoms with Crippen LogP contribution in [-0.2, 0) is 16.8 Å². The Hall–Kier alpha value is -1.26. The second-order valence-corrected chi connectivity index (χ2v) is 3.90. The molecule has 0 bridgehead atoms. The van der Waals surface area contributed by atoms with Gasteiger partial charge in [0.1, 0.15) is 0 Å². The number of hydrogen-bond donors (Lipinski definition) is 0. The Morgan fingerprint density at radius 3 is 2.29 bits per heavy atom. The van der Waals surface area contributed by atoms with Crippen molar-refractivity contribution in [2.24, 2.45) is 0 Å². The fourth-order valence-corrected chi connectivity index (χ4v) is 1.27. The molecule has 14 heavy (non-hydrogen) atoms. The molecule has 0 saturated carbocycles. The molecule has 0 spiro atoms. The molecule has 0 aromatic heterocycles. The van der Waals surface area contributed by atoms with Gasteiger partial charge in [0, 0.05) is 7.11 Å². The van der Waals surface area contributed by atoms with Crippen LogP contribution in [0.25, 0.3) is 0 Å². The lowest BCUT2D eigenvalue weighted by molar-refractivity contribution is 0.185. The van der Waals surface area contributed by atoms with E-state index in [0.29, 0.717) is 6.61 Å². The lowest BCUT2D eigenvalue weighted by Crippen LogP contribution is -2.13. The molecular formula is C13H16O. The van der Waals surface area contributed by atoms with Gasteiger partial charge in [-0.1, -0.05) is 30.2 Å². The van der Waals surface area contributed by atoms with Crippen LogP contribution in [-0.4, -0.2) is 7.11 Å². The maximum absolute atomic E-state index is 5.46. The van der Waals surface area contributed by atoms with E-state index in [-0.39, 0.29) is 5.41 Å². The highest BCUT2D eigenvalue weighted by molar-refractivity contribution is 5.33. The molecule has 0 saturated heterocycles. The predicted octanol–water partition coefficient (Wildman–Crippen LogP) is 2.74. The van der Waals surface area contributed by atoms with Crippen molar-refractivity contribution in [1.29, 1.82) is 0 Å². The van der Waals surface area contributed by atoms with Crippen LogP contribution in [0.2, 0.25) is 0 Å². The topological polar surface area (TPSA) is 9.23 Å². The van der Waals surface area contributed by atoms with E-state index in [1.54, 1.807) is 7.11 Å². The zero-order valence-corrected chi connectivity index (χ0v) is 9.00. The molecule has 0 unspecified atom stereocenters. The van der Waals surface area contributed by atoms with E-state index >= 15 is 0 Å². The van der Waals surface area contributed by atoms with Crippen LogP contribution in [0.15, 0.2) is 24.3 Å². The highest BCUT2D eigenvalue weighted by atomic mass is 16.5. The summed E-state index contributed by atoms with van der Waals surface area (Å²) < 4.78 is 5.04. The van der Waals surface area contributed by atoms with E-state index in [1.807, 2.05) is 13.8 Å². The minimum Gasteiger partial charge on any atom is -0.380 e. The summed E-state index contributed by atoms with van der Waals surface area (Å²) in [5, 5.41) is 0. The summed E-state index contributed by atoms with van der Waals surface area (Å²) in [4.78, 5) is 0. The first-order chi connectivity index (χ1) is 6.60. The summed E-state index contributed by atoms with van der Waals surface area (Å²) in [5.74, 6) is 2.78. The van der Waals surface area contributed by atoms with Crippen molar-refractivity contribution in [2.75, 3.05) is 7.11 Å². The summed E-state index contributed by atoms with van der Waals surface area (Å²) in [7, 11) is 1.69. The molecule has 1 aromatic carbocycles. The Morgan fingerprint density at radius 1 is 1.29 bits per heavy atom. The first-order valence-corrected chi connectivity index (χ1v) is 4.66. The summed E-state index contributed by atoms with van der Waals surface area (Å²) in [6, 6.07) is 8.23. The van der Waals surface area contributed by atoms with Gasteiger partial charge >= 0.3 is 0 Å². The van der Waals surface area contributed by atoms with E-state index in [2.05, 4.69) is 30.2 Å². The Kier molecular flexibility index (Phi) is 3.33. The molecule has 1 nitrogen and oxygen atoms in total. The second kappa shape index (κ2) is 4.30. The van der Waals surface area contributed by atoms with Gasteiger partial charge in [-0.15, -0.1) is 6.42 Å². The van der Waals surface area contributed by atoms with Gasteiger partial charge in [-0.05, 0) is 25.0 Å². The maximum atomic E-state index is 5.46. The zero-order chi connectivity index (χ0) is 10.6. The van der Waals surface area contributed by atoms with E-state index in [0.717, 1.165) is 0 Å². The van der Waals surface area contributed by atoms with Crippen molar-refractivity contribution in [3.63, 3.8) is 0 Å². The monoisotopic (exact) mass is 188 g/mol. The highest BCUT2D eigenvalue weighted by Gasteiger charge is 2.16. The first kappa shape index (κ1) is 10.8. The third kappa shape index (κ3) is 2.37. The number of benzene rings is 1. The van der Waals surface area contributed by atoms with Gasteiger partial charge in [0.25, 0.3) is 0 Å². The third-order valence-corrected chi connectivity index (χ3v) is 2.35. The average molecular weight is 188 g/mol. The molecule has 1 aromatic rings. The average Bonchev–Trinajstić information content (AvgIpc) is 2.19. The smallest absolute Gasteiger partial charge is 0.0713 e. The number of hydrogen-bond acceptors (Lipinski definition) is 1. The molecule has 1 heteroatoms. The number of terminal acetylenes is 1. The fourth-order valence-electron chi connectivity index (χ4n) is 1.27. The minimum absolute atomic E-state index is 0.189. The van der Waals surface area contributed by atoms with Gasteiger partial charge in [0.05, 0.1) is 12.0 Å². The van der Waals surface area contributed by atoms with E-state index < -0.39 is 0 Å². The molecule has 0 radical (unpaired) electrons. The Morgan fingerprint density at radius 2 is 1.86 bits per heavy atom. The maximum Gasteiger partial charge on any atom is 0.0713 e. The van der Waals surface area contributed by atoms with Crippen molar-refractivity contribution in [1.82, 2.24) is 0 Å². The predicted molar refractivity (Wildman–Crippen MR) is 59.0 cm³/mol. The van der Waals surface area contributed by atoms with Crippen LogP contribution >= 0.6 is 0 Å². The number of ether oxygens (including phenoxy) is 1. The molecule has 0 amide bonds. The second-order valence-electron chi connectivity index (χ2n) is 3.90. The Bertz CT molecular complexity index is 327. The van der Waals surface area contributed by atoms with Crippen LogP contribution in [0, 0.1) is 12.3 Å². The van der Waals surface area contributed by atoms with Gasteiger partial charge in [0.15, 0.2) is 0 Å². The molecular weight excluding hydrogens is 172 g/mol. The molecule has 0 aliphatic heterocycles. The summed E-state index contributed by atoms with van der Waals surface area (Å²) in [6.45, 7) is 4.73. The van der Waals surface area contributed by atoms with Crippen LogP contribution < -0.4 is 0 Å². The van der Waals surface area contributed by atoms with Crippen LogP contribution in [0.1, 0.15) is 25.0 Å². The third-order valence-electron chi connectivity index (χ3n) is 2.35. The normalized spacial score (nSPS) is 11.0. The van der Waals surface area contributed by atoms with Crippen molar-refractivity contribution in [3.8, 4) is 12.3 Å². The largest absolute Gasteiger partial charge is 0.380 e. The van der Waals surface area contributed by atoms with Crippen LogP contribution in [0.4, 0.5) is 0 Å². The summed E-state index contributed by atoms with van der Waals surface area (Å²) in [6.07, 6.45) is 5.46. The molecule has 0 atom stereocenters. The molecule has 1 rings (SSSR count). The standard InChI is InChI=1S/C13H16O/c1-5-13(2,3)12-8-6-11(7-9-12)10-14-4/h1,6-9H,10H2,2-4H3. The molecule has 0 fully saturated rings. The van der Waals surface area contributed by atoms with Gasteiger partial charge in [-0.3, -0.25) is 0 Å². The van der Waals surface area contributed by atoms with Gasteiger partial charge in [0.2, 0.25) is 0 Å². The summed E-state index contributed by atoms with van der Waals surface area (Å²) >= 11 is 0. The van der Waals surface area contributed by atoms with Crippen LogP contribution in [0.5, 0.6) is 0 Å². The molecule has 0 N–H and O–H groups in total. The van der Waals surface area contributed by atoms with E-state index in [4.69, 9.17) is 11.2 Å². The van der Waals surface area contributed by atoms with Gasteiger partial charge in [-0.2, -0.15) is 0 Å². The Balaban J connectivity index is 2.90. The van der Waals surface area contributed by atoms with Gasteiger partial charge < -0.3 is 4.74 Å². The van der Waals surface area contributed by atoms with Crippen molar-refractivity contribution in [3.05, 3.63) is 35.4 Å². The number of rotatable bonds is 3. The van der Waals surface area contributed by atoms with Crippen molar-refractivity contribution in [2.45, 2.75) is 25.9 Å². The zero-order valence-electron chi connectivity index (χ0n) is 9.00. The van der Waals surface area contributed by atoms with E-state index in [9.17, 15) is 0 Å². The molecule has 74 valence electrons. The molecule has 0 aliphatic carbocycles. The van der Waals surface area contributed by atoms with E-state index in [1.165, 1.54) is 11.1 Å². The fraction of sp³-hybridized carbons (Fsp3) is 0.385. The van der Waals surface area contributed by atoms with Crippen molar-refractivity contribution >= 4 is 0 Å². The highest BCUT2D eigenvalue weighted by Crippen LogP contribution is 2.22. The SMILES string of the molecule is C#CC(C)(C)c1ccc(COC)cc1. The first-order valence-electron chi connectivity index (χ1n) is 4.66. The quantitative estimate of drug-likeness (QED) is 0.663. The lowest BCUT2D eigenvalue weighted by Gasteiger charge is -2.18. The van der Waals surface area contributed by atoms with Gasteiger partial charge in [-0.25, -0.2) is 0 Å². The van der Waals surface area contributed by atoms with Crippen molar-refractivity contribution < 1.29 is 4.74 Å². The molecule has 0 aliphatic rings. The summed E-state index contributed by atoms with van der Waals surface area (Å²) in [5.41, 5.74) is 2.15. The lowest BCUT2D eigenvalue weighted by atomic mass is 9.85.